The fraction of sp³-hybridized carbons (Fsp3) is 0.133. The predicted molar refractivity (Wildman–Crippen MR) is 151 cm³/mol. The number of nitrogens with zero attached hydrogens (tertiary/aromatic N) is 1. The van der Waals surface area contributed by atoms with E-state index in [2.05, 4.69) is 14.7 Å². The maximum absolute atomic E-state index is 12.5. The molecule has 7 nitrogen and oxygen atoms in total. The summed E-state index contributed by atoms with van der Waals surface area (Å²) in [4.78, 5) is 18.4. The summed E-state index contributed by atoms with van der Waals surface area (Å²) in [5.74, 6) is 1.06. The molecule has 200 valence electrons. The van der Waals surface area contributed by atoms with Gasteiger partial charge in [-0.2, -0.15) is 0 Å². The van der Waals surface area contributed by atoms with E-state index in [9.17, 15) is 13.4 Å². The number of ether oxygens (including phenoxy) is 1. The molecule has 1 atom stereocenters. The summed E-state index contributed by atoms with van der Waals surface area (Å²) in [6, 6.07) is 32.8. The fourth-order valence-electron chi connectivity index (χ4n) is 3.41. The van der Waals surface area contributed by atoms with Crippen molar-refractivity contribution in [3.8, 4) is 11.5 Å². The van der Waals surface area contributed by atoms with Crippen LogP contribution in [0.1, 0.15) is 25.2 Å². The number of fused-ring (bicyclic) bond motifs is 1. The zero-order chi connectivity index (χ0) is 27.8. The number of imidazole rings is 1. The highest BCUT2D eigenvalue weighted by Crippen LogP contribution is 2.23. The summed E-state index contributed by atoms with van der Waals surface area (Å²) in [6.07, 6.45) is 0.680. The van der Waals surface area contributed by atoms with Crippen molar-refractivity contribution >= 4 is 33.7 Å². The van der Waals surface area contributed by atoms with Gasteiger partial charge in [0.15, 0.2) is 0 Å². The van der Waals surface area contributed by atoms with Gasteiger partial charge < -0.3 is 19.5 Å². The molecule has 0 saturated heterocycles. The van der Waals surface area contributed by atoms with Crippen molar-refractivity contribution in [2.45, 2.75) is 30.8 Å². The molecule has 4 aromatic carbocycles. The minimum atomic E-state index is -2.08. The molecule has 0 aliphatic rings. The Labute approximate surface area is 228 Å². The van der Waals surface area contributed by atoms with Crippen LogP contribution in [0, 0.1) is 0 Å². The second-order valence-electron chi connectivity index (χ2n) is 9.11. The monoisotopic (exact) mass is 545 g/mol. The third-order valence-corrected chi connectivity index (χ3v) is 6.60. The summed E-state index contributed by atoms with van der Waals surface area (Å²) in [6.45, 7) is 1.99. The molecule has 39 heavy (non-hydrogen) atoms. The number of carbonyl (C=O) groups is 1. The number of aromatic amines is 1. The van der Waals surface area contributed by atoms with Crippen molar-refractivity contribution in [1.82, 2.24) is 9.97 Å². The van der Waals surface area contributed by atoms with Crippen LogP contribution in [0.2, 0.25) is 0 Å². The first kappa shape index (κ1) is 27.5. The highest BCUT2D eigenvalue weighted by molar-refractivity contribution is 7.86. The molecule has 5 aromatic rings. The molecule has 3 N–H and O–H groups in total. The number of anilines is 1. The lowest BCUT2D eigenvalue weighted by molar-refractivity contribution is -0.148. The molecule has 9 heteroatoms. The molecule has 0 amide bonds. The number of halogens is 1. The van der Waals surface area contributed by atoms with Gasteiger partial charge in [0.05, 0.1) is 15.9 Å². The lowest BCUT2D eigenvalue weighted by Crippen LogP contribution is -2.24. The van der Waals surface area contributed by atoms with Gasteiger partial charge in [0, 0.05) is 12.1 Å². The Morgan fingerprint density at radius 1 is 0.949 bits per heavy atom. The van der Waals surface area contributed by atoms with Crippen LogP contribution in [-0.2, 0) is 22.2 Å². The molecule has 1 heterocycles. The molecule has 1 unspecified atom stereocenters. The lowest BCUT2D eigenvalue weighted by atomic mass is 10.1. The standard InChI is InChI=1S/C26H21N3O2S.C4H7FO2/c30-32(23-9-5-2-6-10-23)29-20-13-16-24-25(18-20)28-26(27-24)17-19-11-14-22(15-12-19)31-21-7-3-1-4-8-21;1-4(2,5)3(6)7/h1-16,18,29H,17H2,(H,27,28);1-2H3,(H,6,7). The summed E-state index contributed by atoms with van der Waals surface area (Å²) in [7, 11) is -1.32. The minimum absolute atomic E-state index is 0.680. The van der Waals surface area contributed by atoms with Gasteiger partial charge in [-0.25, -0.2) is 18.4 Å². The zero-order valence-electron chi connectivity index (χ0n) is 21.4. The van der Waals surface area contributed by atoms with E-state index in [1.807, 2.05) is 103 Å². The van der Waals surface area contributed by atoms with Crippen molar-refractivity contribution in [1.29, 1.82) is 0 Å². The molecule has 0 bridgehead atoms. The van der Waals surface area contributed by atoms with Gasteiger partial charge in [-0.15, -0.1) is 0 Å². The Morgan fingerprint density at radius 2 is 1.54 bits per heavy atom. The average molecular weight is 546 g/mol. The highest BCUT2D eigenvalue weighted by Gasteiger charge is 2.24. The molecular weight excluding hydrogens is 517 g/mol. The maximum atomic E-state index is 12.5. The SMILES string of the molecule is CC(C)(F)C(=O)O.O=S(Nc1ccc2nc(Cc3ccc(Oc4ccccc4)cc3)[nH]c2c1)c1ccccc1. The van der Waals surface area contributed by atoms with Gasteiger partial charge in [-0.3, -0.25) is 0 Å². The Morgan fingerprint density at radius 3 is 2.15 bits per heavy atom. The largest absolute Gasteiger partial charge is 0.479 e. The number of hydrogen-bond acceptors (Lipinski definition) is 4. The average Bonchev–Trinajstić information content (AvgIpc) is 3.32. The molecule has 0 saturated carbocycles. The second-order valence-corrected chi connectivity index (χ2v) is 10.3. The summed E-state index contributed by atoms with van der Waals surface area (Å²) >= 11 is 0. The number of benzene rings is 4. The number of aromatic nitrogens is 2. The van der Waals surface area contributed by atoms with Crippen LogP contribution < -0.4 is 9.46 Å². The third kappa shape index (κ3) is 7.99. The topological polar surface area (TPSA) is 104 Å². The Kier molecular flexibility index (Phi) is 8.73. The molecule has 5 rings (SSSR count). The normalized spacial score (nSPS) is 11.8. The minimum Gasteiger partial charge on any atom is -0.479 e. The number of hydrogen-bond donors (Lipinski definition) is 3. The summed E-state index contributed by atoms with van der Waals surface area (Å²) < 4.78 is 33.3. The van der Waals surface area contributed by atoms with Gasteiger partial charge in [-0.1, -0.05) is 48.5 Å². The van der Waals surface area contributed by atoms with Crippen LogP contribution in [0.25, 0.3) is 11.0 Å². The van der Waals surface area contributed by atoms with Crippen molar-refractivity contribution in [2.75, 3.05) is 4.72 Å². The van der Waals surface area contributed by atoms with Crippen LogP contribution in [0.15, 0.2) is 108 Å². The van der Waals surface area contributed by atoms with Crippen LogP contribution in [0.4, 0.5) is 10.1 Å². The van der Waals surface area contributed by atoms with E-state index in [4.69, 9.17) is 9.84 Å². The number of para-hydroxylation sites is 1. The van der Waals surface area contributed by atoms with E-state index >= 15 is 0 Å². The fourth-order valence-corrected chi connectivity index (χ4v) is 4.28. The summed E-state index contributed by atoms with van der Waals surface area (Å²) in [5.41, 5.74) is 1.60. The van der Waals surface area contributed by atoms with E-state index < -0.39 is 22.6 Å². The van der Waals surface area contributed by atoms with Crippen LogP contribution in [-0.4, -0.2) is 30.9 Å². The summed E-state index contributed by atoms with van der Waals surface area (Å²) in [5, 5.41) is 7.88. The van der Waals surface area contributed by atoms with E-state index in [0.717, 1.165) is 58.4 Å². The van der Waals surface area contributed by atoms with Crippen LogP contribution in [0.5, 0.6) is 11.5 Å². The lowest BCUT2D eigenvalue weighted by Gasteiger charge is -2.06. The maximum Gasteiger partial charge on any atom is 0.340 e. The first-order valence-corrected chi connectivity index (χ1v) is 13.3. The van der Waals surface area contributed by atoms with Gasteiger partial charge in [-0.05, 0) is 74.0 Å². The number of rotatable bonds is 8. The Hall–Kier alpha value is -4.50. The third-order valence-electron chi connectivity index (χ3n) is 5.48. The predicted octanol–water partition coefficient (Wildman–Crippen LogP) is 6.90. The smallest absolute Gasteiger partial charge is 0.340 e. The molecule has 0 fully saturated rings. The van der Waals surface area contributed by atoms with Crippen molar-refractivity contribution in [2.24, 2.45) is 0 Å². The quantitative estimate of drug-likeness (QED) is 0.197. The Balaban J connectivity index is 0.000000448. The molecule has 1 aromatic heterocycles. The van der Waals surface area contributed by atoms with E-state index in [0.29, 0.717) is 6.42 Å². The van der Waals surface area contributed by atoms with Gasteiger partial charge in [0.2, 0.25) is 5.67 Å². The molecule has 0 aliphatic heterocycles. The van der Waals surface area contributed by atoms with Crippen LogP contribution in [0.3, 0.4) is 0 Å². The number of H-pyrrole nitrogens is 1. The first-order chi connectivity index (χ1) is 18.7. The number of carboxylic acids is 1. The second kappa shape index (κ2) is 12.4. The number of alkyl halides is 1. The van der Waals surface area contributed by atoms with Crippen molar-refractivity contribution < 1.29 is 23.2 Å². The van der Waals surface area contributed by atoms with Crippen molar-refractivity contribution in [3.63, 3.8) is 0 Å². The number of carboxylic acid groups (broad SMARTS) is 1. The van der Waals surface area contributed by atoms with Gasteiger partial charge >= 0.3 is 5.97 Å². The van der Waals surface area contributed by atoms with Crippen LogP contribution >= 0.6 is 0 Å². The Bertz CT molecular complexity index is 1550. The molecule has 0 spiro atoms. The van der Waals surface area contributed by atoms with E-state index in [1.165, 1.54) is 0 Å². The molecular formula is C30H28FN3O4S. The van der Waals surface area contributed by atoms with Gasteiger partial charge in [0.1, 0.15) is 28.3 Å². The van der Waals surface area contributed by atoms with E-state index in [-0.39, 0.29) is 0 Å². The van der Waals surface area contributed by atoms with Gasteiger partial charge in [0.25, 0.3) is 0 Å². The number of nitrogens with one attached hydrogen (secondary N) is 2. The molecule has 0 aliphatic carbocycles. The molecule has 0 radical (unpaired) electrons. The van der Waals surface area contributed by atoms with E-state index in [1.54, 1.807) is 0 Å². The first-order valence-electron chi connectivity index (χ1n) is 12.1. The number of aliphatic carboxylic acids is 1. The van der Waals surface area contributed by atoms with Crippen molar-refractivity contribution in [3.05, 3.63) is 115 Å². The highest BCUT2D eigenvalue weighted by atomic mass is 32.2. The zero-order valence-corrected chi connectivity index (χ0v) is 22.2.